The minimum atomic E-state index is -1.69. The number of rotatable bonds is 8. The molecule has 1 nitrogen and oxygen atoms in total. The van der Waals surface area contributed by atoms with Crippen LogP contribution < -0.4 is 15.9 Å². The van der Waals surface area contributed by atoms with Gasteiger partial charge in [0.05, 0.1) is 11.8 Å². The Morgan fingerprint density at radius 2 is 1.00 bits per heavy atom. The highest BCUT2D eigenvalue weighted by atomic mass is 31.2. The van der Waals surface area contributed by atoms with Crippen molar-refractivity contribution < 1.29 is 4.74 Å². The molecule has 0 saturated heterocycles. The van der Waals surface area contributed by atoms with E-state index in [1.54, 1.807) is 0 Å². The Bertz CT molecular complexity index is 726. The van der Waals surface area contributed by atoms with Gasteiger partial charge in [-0.25, -0.2) is 0 Å². The monoisotopic (exact) mass is 391 g/mol. The molecule has 0 atom stereocenters. The molecule has 0 aliphatic rings. The minimum absolute atomic E-state index is 0.0650. The SMILES string of the molecule is CC(C)(C)OCCCC[P+](c1ccccc1)(c1ccccc1)c1ccccc1. The fourth-order valence-corrected chi connectivity index (χ4v) is 8.12. The van der Waals surface area contributed by atoms with E-state index in [1.807, 2.05) is 0 Å². The van der Waals surface area contributed by atoms with Crippen molar-refractivity contribution in [3.63, 3.8) is 0 Å². The zero-order valence-corrected chi connectivity index (χ0v) is 18.2. The molecule has 0 unspecified atom stereocenters. The summed E-state index contributed by atoms with van der Waals surface area (Å²) in [4.78, 5) is 0. The van der Waals surface area contributed by atoms with Gasteiger partial charge in [0.2, 0.25) is 0 Å². The van der Waals surface area contributed by atoms with Crippen LogP contribution in [-0.4, -0.2) is 18.4 Å². The molecular weight excluding hydrogens is 359 g/mol. The normalized spacial score (nSPS) is 12.1. The maximum atomic E-state index is 5.97. The van der Waals surface area contributed by atoms with Crippen LogP contribution in [0.5, 0.6) is 0 Å². The Hall–Kier alpha value is -1.95. The molecule has 28 heavy (non-hydrogen) atoms. The van der Waals surface area contributed by atoms with E-state index in [4.69, 9.17) is 4.74 Å². The van der Waals surface area contributed by atoms with Crippen LogP contribution >= 0.6 is 7.26 Å². The van der Waals surface area contributed by atoms with Gasteiger partial charge >= 0.3 is 0 Å². The first kappa shape index (κ1) is 20.8. The van der Waals surface area contributed by atoms with E-state index in [-0.39, 0.29) is 5.60 Å². The summed E-state index contributed by atoms with van der Waals surface area (Å²) in [5.74, 6) is 0. The number of hydrogen-bond donors (Lipinski definition) is 0. The summed E-state index contributed by atoms with van der Waals surface area (Å²) in [5, 5.41) is 4.39. The Labute approximate surface area is 171 Å². The summed E-state index contributed by atoms with van der Waals surface area (Å²) >= 11 is 0. The molecule has 0 radical (unpaired) electrons. The molecule has 0 fully saturated rings. The lowest BCUT2D eigenvalue weighted by Gasteiger charge is -2.28. The molecule has 0 N–H and O–H groups in total. The van der Waals surface area contributed by atoms with E-state index in [1.165, 1.54) is 22.1 Å². The van der Waals surface area contributed by atoms with Crippen LogP contribution in [0.25, 0.3) is 0 Å². The quantitative estimate of drug-likeness (QED) is 0.360. The van der Waals surface area contributed by atoms with Crippen LogP contribution in [0.1, 0.15) is 33.6 Å². The fourth-order valence-electron chi connectivity index (χ4n) is 3.71. The van der Waals surface area contributed by atoms with Crippen molar-refractivity contribution in [2.24, 2.45) is 0 Å². The molecule has 3 aromatic rings. The number of hydrogen-bond acceptors (Lipinski definition) is 1. The Balaban J connectivity index is 1.97. The zero-order chi connectivity index (χ0) is 19.9. The number of unbranched alkanes of at least 4 members (excludes halogenated alkanes) is 1. The van der Waals surface area contributed by atoms with Crippen molar-refractivity contribution in [1.29, 1.82) is 0 Å². The second-order valence-corrected chi connectivity index (χ2v) is 11.8. The van der Waals surface area contributed by atoms with Crippen molar-refractivity contribution in [2.45, 2.75) is 39.2 Å². The largest absolute Gasteiger partial charge is 0.376 e. The maximum Gasteiger partial charge on any atom is 0.112 e. The lowest BCUT2D eigenvalue weighted by atomic mass is 10.2. The molecule has 0 aliphatic carbocycles. The van der Waals surface area contributed by atoms with Crippen molar-refractivity contribution in [1.82, 2.24) is 0 Å². The maximum absolute atomic E-state index is 5.97. The van der Waals surface area contributed by atoms with Gasteiger partial charge in [-0.3, -0.25) is 0 Å². The third kappa shape index (κ3) is 5.10. The van der Waals surface area contributed by atoms with Crippen LogP contribution in [0.2, 0.25) is 0 Å². The summed E-state index contributed by atoms with van der Waals surface area (Å²) in [5.41, 5.74) is -0.0650. The lowest BCUT2D eigenvalue weighted by Crippen LogP contribution is -2.33. The van der Waals surface area contributed by atoms with E-state index < -0.39 is 7.26 Å². The summed E-state index contributed by atoms with van der Waals surface area (Å²) in [6.07, 6.45) is 3.41. The molecule has 0 aromatic heterocycles. The van der Waals surface area contributed by atoms with E-state index in [0.29, 0.717) is 0 Å². The van der Waals surface area contributed by atoms with Crippen LogP contribution in [0, 0.1) is 0 Å². The summed E-state index contributed by atoms with van der Waals surface area (Å²) in [6.45, 7) is 7.20. The zero-order valence-electron chi connectivity index (χ0n) is 17.3. The summed E-state index contributed by atoms with van der Waals surface area (Å²) < 4.78 is 5.97. The van der Waals surface area contributed by atoms with Crippen molar-refractivity contribution in [2.75, 3.05) is 12.8 Å². The Morgan fingerprint density at radius 1 is 0.607 bits per heavy atom. The van der Waals surface area contributed by atoms with Crippen molar-refractivity contribution >= 4 is 23.2 Å². The van der Waals surface area contributed by atoms with Gasteiger partial charge in [-0.1, -0.05) is 54.6 Å². The van der Waals surface area contributed by atoms with Crippen molar-refractivity contribution in [3.8, 4) is 0 Å². The highest BCUT2D eigenvalue weighted by Gasteiger charge is 2.44. The van der Waals surface area contributed by atoms with Gasteiger partial charge in [-0.15, -0.1) is 0 Å². The van der Waals surface area contributed by atoms with Gasteiger partial charge in [0.25, 0.3) is 0 Å². The molecule has 0 heterocycles. The van der Waals surface area contributed by atoms with Gasteiger partial charge in [0, 0.05) is 6.61 Å². The fraction of sp³-hybridized carbons (Fsp3) is 0.308. The molecular formula is C26H32OP+. The third-order valence-electron chi connectivity index (χ3n) is 5.01. The Morgan fingerprint density at radius 3 is 1.36 bits per heavy atom. The molecule has 0 bridgehead atoms. The summed E-state index contributed by atoms with van der Waals surface area (Å²) in [6, 6.07) is 33.3. The van der Waals surface area contributed by atoms with Gasteiger partial charge in [-0.05, 0) is 70.0 Å². The molecule has 3 rings (SSSR count). The topological polar surface area (TPSA) is 9.23 Å². The Kier molecular flexibility index (Phi) is 7.05. The predicted octanol–water partition coefficient (Wildman–Crippen LogP) is 5.58. The van der Waals surface area contributed by atoms with Crippen molar-refractivity contribution in [3.05, 3.63) is 91.0 Å². The predicted molar refractivity (Wildman–Crippen MR) is 125 cm³/mol. The second kappa shape index (κ2) is 9.50. The molecule has 0 spiro atoms. The highest BCUT2D eigenvalue weighted by Crippen LogP contribution is 2.55. The molecule has 2 heteroatoms. The first-order valence-corrected chi connectivity index (χ1v) is 12.2. The standard InChI is InChI=1S/C26H32OP/c1-26(2,3)27-21-13-14-22-28(23-15-7-4-8-16-23,24-17-9-5-10-18-24)25-19-11-6-12-20-25/h4-12,15-20H,13-14,21-22H2,1-3H3/q+1. The highest BCUT2D eigenvalue weighted by molar-refractivity contribution is 7.95. The van der Waals surface area contributed by atoms with Crippen LogP contribution in [0.4, 0.5) is 0 Å². The van der Waals surface area contributed by atoms with Gasteiger partial charge in [0.1, 0.15) is 23.2 Å². The first-order valence-electron chi connectivity index (χ1n) is 10.2. The molecule has 0 amide bonds. The van der Waals surface area contributed by atoms with E-state index >= 15 is 0 Å². The number of benzene rings is 3. The van der Waals surface area contributed by atoms with Crippen LogP contribution in [-0.2, 0) is 4.74 Å². The van der Waals surface area contributed by atoms with E-state index in [9.17, 15) is 0 Å². The summed E-state index contributed by atoms with van der Waals surface area (Å²) in [7, 11) is -1.69. The van der Waals surface area contributed by atoms with E-state index in [0.717, 1.165) is 19.4 Å². The minimum Gasteiger partial charge on any atom is -0.376 e. The molecule has 0 aliphatic heterocycles. The number of ether oxygens (including phenoxy) is 1. The average Bonchev–Trinajstić information content (AvgIpc) is 2.72. The lowest BCUT2D eigenvalue weighted by molar-refractivity contribution is -0.00408. The first-order chi connectivity index (χ1) is 13.5. The molecule has 146 valence electrons. The van der Waals surface area contributed by atoms with Gasteiger partial charge in [-0.2, -0.15) is 0 Å². The molecule has 0 saturated carbocycles. The smallest absolute Gasteiger partial charge is 0.112 e. The van der Waals surface area contributed by atoms with Gasteiger partial charge < -0.3 is 4.74 Å². The van der Waals surface area contributed by atoms with Gasteiger partial charge in [0.15, 0.2) is 0 Å². The second-order valence-electron chi connectivity index (χ2n) is 8.21. The third-order valence-corrected chi connectivity index (χ3v) is 9.54. The van der Waals surface area contributed by atoms with Crippen LogP contribution in [0.15, 0.2) is 91.0 Å². The average molecular weight is 392 g/mol. The molecule has 3 aromatic carbocycles. The van der Waals surface area contributed by atoms with E-state index in [2.05, 4.69) is 112 Å². The van der Waals surface area contributed by atoms with Crippen LogP contribution in [0.3, 0.4) is 0 Å².